The number of halogens is 1. The van der Waals surface area contributed by atoms with E-state index >= 15 is 0 Å². The fraction of sp³-hybridized carbons (Fsp3) is 0.160. The lowest BCUT2D eigenvalue weighted by atomic mass is 10.2. The van der Waals surface area contributed by atoms with Gasteiger partial charge in [-0.15, -0.1) is 0 Å². The number of hydrogen-bond donors (Lipinski definition) is 1. The molecule has 0 aliphatic rings. The number of amides is 1. The van der Waals surface area contributed by atoms with Crippen LogP contribution in [0.1, 0.15) is 17.0 Å². The van der Waals surface area contributed by atoms with Gasteiger partial charge in [-0.25, -0.2) is 9.07 Å². The van der Waals surface area contributed by atoms with Gasteiger partial charge in [0.25, 0.3) is 0 Å². The number of aryl methyl sites for hydroxylation is 1. The van der Waals surface area contributed by atoms with Crippen molar-refractivity contribution >= 4 is 17.7 Å². The zero-order valence-corrected chi connectivity index (χ0v) is 18.4. The number of aromatic nitrogens is 4. The lowest BCUT2D eigenvalue weighted by Gasteiger charge is -2.08. The van der Waals surface area contributed by atoms with Gasteiger partial charge < -0.3 is 10.1 Å². The van der Waals surface area contributed by atoms with E-state index in [0.29, 0.717) is 24.6 Å². The molecule has 168 valence electrons. The third-order valence-corrected chi connectivity index (χ3v) is 5.07. The van der Waals surface area contributed by atoms with E-state index in [9.17, 15) is 9.18 Å². The van der Waals surface area contributed by atoms with Gasteiger partial charge in [0, 0.05) is 41.5 Å². The maximum atomic E-state index is 13.2. The molecule has 4 aromatic rings. The molecule has 0 saturated carbocycles. The first-order chi connectivity index (χ1) is 16.0. The number of carbonyl (C=O) groups is 1. The lowest BCUT2D eigenvalue weighted by molar-refractivity contribution is -0.111. The minimum atomic E-state index is -0.301. The topological polar surface area (TPSA) is 74.0 Å². The van der Waals surface area contributed by atoms with Gasteiger partial charge in [-0.2, -0.15) is 10.2 Å². The molecule has 0 saturated heterocycles. The van der Waals surface area contributed by atoms with E-state index in [1.807, 2.05) is 38.2 Å². The molecular weight excluding hydrogens is 421 g/mol. The summed E-state index contributed by atoms with van der Waals surface area (Å²) in [7, 11) is 0. The summed E-state index contributed by atoms with van der Waals surface area (Å²) in [5.74, 6) is 0.0951. The predicted molar refractivity (Wildman–Crippen MR) is 125 cm³/mol. The fourth-order valence-electron chi connectivity index (χ4n) is 3.43. The van der Waals surface area contributed by atoms with E-state index in [4.69, 9.17) is 4.74 Å². The quantitative estimate of drug-likeness (QED) is 0.404. The van der Waals surface area contributed by atoms with Crippen LogP contribution in [0, 0.1) is 19.7 Å². The van der Waals surface area contributed by atoms with Crippen molar-refractivity contribution in [2.24, 2.45) is 0 Å². The number of nitrogens with zero attached hydrogens (tertiary/aromatic N) is 4. The third-order valence-electron chi connectivity index (χ3n) is 5.07. The van der Waals surface area contributed by atoms with E-state index in [-0.39, 0.29) is 11.7 Å². The summed E-state index contributed by atoms with van der Waals surface area (Å²) in [6, 6.07) is 15.2. The predicted octanol–water partition coefficient (Wildman–Crippen LogP) is 4.56. The van der Waals surface area contributed by atoms with Crippen LogP contribution in [0.15, 0.2) is 73.1 Å². The second kappa shape index (κ2) is 9.95. The van der Waals surface area contributed by atoms with Gasteiger partial charge in [-0.1, -0.05) is 6.07 Å². The highest BCUT2D eigenvalue weighted by Gasteiger charge is 2.11. The fourth-order valence-corrected chi connectivity index (χ4v) is 3.43. The van der Waals surface area contributed by atoms with E-state index in [1.165, 1.54) is 18.2 Å². The normalized spacial score (nSPS) is 11.1. The highest BCUT2D eigenvalue weighted by atomic mass is 19.1. The van der Waals surface area contributed by atoms with Crippen LogP contribution in [0.3, 0.4) is 0 Å². The third kappa shape index (κ3) is 5.54. The first-order valence-electron chi connectivity index (χ1n) is 10.5. The monoisotopic (exact) mass is 445 g/mol. The van der Waals surface area contributed by atoms with Crippen molar-refractivity contribution in [3.05, 3.63) is 95.8 Å². The van der Waals surface area contributed by atoms with Crippen LogP contribution < -0.4 is 10.1 Å². The molecule has 4 rings (SSSR count). The molecule has 0 bridgehead atoms. The van der Waals surface area contributed by atoms with Crippen molar-refractivity contribution in [3.8, 4) is 11.4 Å². The molecule has 2 aromatic heterocycles. The average Bonchev–Trinajstić information content (AvgIpc) is 3.41. The van der Waals surface area contributed by atoms with Gasteiger partial charge in [0.2, 0.25) is 5.91 Å². The smallest absolute Gasteiger partial charge is 0.248 e. The Balaban J connectivity index is 1.39. The number of hydrogen-bond acceptors (Lipinski definition) is 4. The van der Waals surface area contributed by atoms with Gasteiger partial charge >= 0.3 is 0 Å². The molecule has 8 heteroatoms. The SMILES string of the molecule is Cc1nn(-c2ccc(F)cc2)c(C)c1C=CC(=O)Nc1cccc(OCCn2cccn2)c1. The molecule has 0 fully saturated rings. The molecule has 0 radical (unpaired) electrons. The summed E-state index contributed by atoms with van der Waals surface area (Å²) >= 11 is 0. The minimum Gasteiger partial charge on any atom is -0.492 e. The van der Waals surface area contributed by atoms with Gasteiger partial charge in [0.1, 0.15) is 18.2 Å². The van der Waals surface area contributed by atoms with Crippen LogP contribution in [0.5, 0.6) is 5.75 Å². The number of benzene rings is 2. The maximum Gasteiger partial charge on any atom is 0.248 e. The standard InChI is InChI=1S/C25H24FN5O2/c1-18-24(19(2)31(29-18)22-9-7-20(26)8-10-22)11-12-25(32)28-21-5-3-6-23(17-21)33-16-15-30-14-4-13-27-30/h3-14,17H,15-16H2,1-2H3,(H,28,32). The number of rotatable bonds is 8. The molecule has 0 aliphatic carbocycles. The van der Waals surface area contributed by atoms with Crippen LogP contribution in [0.25, 0.3) is 11.8 Å². The number of ether oxygens (including phenoxy) is 1. The molecule has 0 spiro atoms. The Morgan fingerprint density at radius 1 is 1.15 bits per heavy atom. The number of nitrogens with one attached hydrogen (secondary N) is 1. The van der Waals surface area contributed by atoms with Gasteiger partial charge in [0.05, 0.1) is 17.9 Å². The molecule has 1 N–H and O–H groups in total. The lowest BCUT2D eigenvalue weighted by Crippen LogP contribution is -2.10. The molecule has 1 amide bonds. The van der Waals surface area contributed by atoms with E-state index in [0.717, 1.165) is 22.6 Å². The summed E-state index contributed by atoms with van der Waals surface area (Å²) in [5.41, 5.74) is 3.86. The van der Waals surface area contributed by atoms with Gasteiger partial charge in [0.15, 0.2) is 0 Å². The van der Waals surface area contributed by atoms with Gasteiger partial charge in [-0.05, 0) is 62.4 Å². The van der Waals surface area contributed by atoms with Crippen molar-refractivity contribution in [2.45, 2.75) is 20.4 Å². The molecule has 33 heavy (non-hydrogen) atoms. The summed E-state index contributed by atoms with van der Waals surface area (Å²) in [5, 5.41) is 11.5. The first kappa shape index (κ1) is 22.0. The van der Waals surface area contributed by atoms with Crippen molar-refractivity contribution in [3.63, 3.8) is 0 Å². The van der Waals surface area contributed by atoms with Crippen molar-refractivity contribution in [1.82, 2.24) is 19.6 Å². The Labute approximate surface area is 191 Å². The Bertz CT molecular complexity index is 1260. The largest absolute Gasteiger partial charge is 0.492 e. The van der Waals surface area contributed by atoms with E-state index < -0.39 is 0 Å². The van der Waals surface area contributed by atoms with Crippen LogP contribution in [-0.2, 0) is 11.3 Å². The van der Waals surface area contributed by atoms with Crippen LogP contribution in [0.4, 0.5) is 10.1 Å². The van der Waals surface area contributed by atoms with Crippen LogP contribution in [-0.4, -0.2) is 32.1 Å². The van der Waals surface area contributed by atoms with Gasteiger partial charge in [-0.3, -0.25) is 9.48 Å². The molecule has 2 aromatic carbocycles. The summed E-state index contributed by atoms with van der Waals surface area (Å²) in [4.78, 5) is 12.5. The number of anilines is 1. The second-order valence-electron chi connectivity index (χ2n) is 7.44. The van der Waals surface area contributed by atoms with Crippen LogP contribution in [0.2, 0.25) is 0 Å². The van der Waals surface area contributed by atoms with Crippen molar-refractivity contribution in [2.75, 3.05) is 11.9 Å². The Morgan fingerprint density at radius 3 is 2.73 bits per heavy atom. The Morgan fingerprint density at radius 2 is 1.97 bits per heavy atom. The highest BCUT2D eigenvalue weighted by molar-refractivity contribution is 6.02. The van der Waals surface area contributed by atoms with Crippen molar-refractivity contribution < 1.29 is 13.9 Å². The molecule has 0 unspecified atom stereocenters. The maximum absolute atomic E-state index is 13.2. The molecule has 0 atom stereocenters. The summed E-state index contributed by atoms with van der Waals surface area (Å²) < 4.78 is 22.5. The molecule has 0 aliphatic heterocycles. The zero-order chi connectivity index (χ0) is 23.2. The van der Waals surface area contributed by atoms with E-state index in [2.05, 4.69) is 15.5 Å². The van der Waals surface area contributed by atoms with E-state index in [1.54, 1.807) is 45.9 Å². The second-order valence-corrected chi connectivity index (χ2v) is 7.44. The van der Waals surface area contributed by atoms with Crippen molar-refractivity contribution in [1.29, 1.82) is 0 Å². The molecule has 7 nitrogen and oxygen atoms in total. The minimum absolute atomic E-state index is 0.267. The zero-order valence-electron chi connectivity index (χ0n) is 18.4. The number of carbonyl (C=O) groups excluding carboxylic acids is 1. The summed E-state index contributed by atoms with van der Waals surface area (Å²) in [6.07, 6.45) is 6.80. The molecular formula is C25H24FN5O2. The Kier molecular flexibility index (Phi) is 6.64. The highest BCUT2D eigenvalue weighted by Crippen LogP contribution is 2.20. The first-order valence-corrected chi connectivity index (χ1v) is 10.5. The van der Waals surface area contributed by atoms with Crippen LogP contribution >= 0.6 is 0 Å². The molecule has 2 heterocycles. The summed E-state index contributed by atoms with van der Waals surface area (Å²) in [6.45, 7) is 4.88. The average molecular weight is 445 g/mol. The Hall–Kier alpha value is -4.20.